The fraction of sp³-hybridized carbons (Fsp3) is 0. The van der Waals surface area contributed by atoms with Crippen molar-refractivity contribution in [1.29, 1.82) is 0 Å². The molecule has 0 unspecified atom stereocenters. The van der Waals surface area contributed by atoms with Crippen molar-refractivity contribution in [2.45, 2.75) is 0 Å². The van der Waals surface area contributed by atoms with Gasteiger partial charge in [0.05, 0.1) is 11.0 Å². The predicted octanol–water partition coefficient (Wildman–Crippen LogP) is 13.3. The van der Waals surface area contributed by atoms with Gasteiger partial charge in [-0.15, -0.1) is 0 Å². The molecule has 0 saturated carbocycles. The Balaban J connectivity index is 1.02. The second-order valence-corrected chi connectivity index (χ2v) is 13.8. The molecule has 0 N–H and O–H groups in total. The molecule has 3 heterocycles. The lowest BCUT2D eigenvalue weighted by Crippen LogP contribution is -1.94. The molecule has 4 nitrogen and oxygen atoms in total. The fourth-order valence-corrected chi connectivity index (χ4v) is 7.94. The summed E-state index contributed by atoms with van der Waals surface area (Å²) in [6.07, 6.45) is 0. The quantitative estimate of drug-likeness (QED) is 0.181. The summed E-state index contributed by atoms with van der Waals surface area (Å²) in [5, 5.41) is 5.79. The number of furan rings is 1. The molecule has 0 radical (unpaired) electrons. The van der Waals surface area contributed by atoms with Crippen molar-refractivity contribution in [3.63, 3.8) is 0 Å². The molecule has 0 fully saturated rings. The van der Waals surface area contributed by atoms with E-state index in [4.69, 9.17) is 14.4 Å². The summed E-state index contributed by atoms with van der Waals surface area (Å²) in [5.41, 5.74) is 13.1. The van der Waals surface area contributed by atoms with Gasteiger partial charge >= 0.3 is 0 Å². The highest BCUT2D eigenvalue weighted by atomic mass is 16.3. The number of hydrogen-bond donors (Lipinski definition) is 0. The Labute approximate surface area is 311 Å². The smallest absolute Gasteiger partial charge is 0.180 e. The van der Waals surface area contributed by atoms with Crippen molar-refractivity contribution in [1.82, 2.24) is 14.5 Å². The van der Waals surface area contributed by atoms with Gasteiger partial charge in [0.1, 0.15) is 16.8 Å². The third kappa shape index (κ3) is 4.92. The van der Waals surface area contributed by atoms with E-state index >= 15 is 0 Å². The molecule has 8 aromatic carbocycles. The van der Waals surface area contributed by atoms with E-state index in [1.165, 1.54) is 38.3 Å². The van der Waals surface area contributed by atoms with Crippen molar-refractivity contribution in [2.24, 2.45) is 0 Å². The Bertz CT molecular complexity index is 3140. The molecule has 11 aromatic rings. The van der Waals surface area contributed by atoms with E-state index in [2.05, 4.69) is 168 Å². The lowest BCUT2D eigenvalue weighted by molar-refractivity contribution is 0.667. The van der Waals surface area contributed by atoms with Gasteiger partial charge in [0.25, 0.3) is 0 Å². The van der Waals surface area contributed by atoms with Gasteiger partial charge in [0.15, 0.2) is 11.4 Å². The van der Waals surface area contributed by atoms with Crippen LogP contribution in [0.3, 0.4) is 0 Å². The maximum Gasteiger partial charge on any atom is 0.180 e. The van der Waals surface area contributed by atoms with E-state index in [1.54, 1.807) is 0 Å². The maximum atomic E-state index is 6.73. The molecule has 0 saturated heterocycles. The van der Waals surface area contributed by atoms with Crippen LogP contribution in [-0.4, -0.2) is 14.5 Å². The number of nitrogens with zero attached hydrogens (tertiary/aromatic N) is 3. The Morgan fingerprint density at radius 1 is 0.389 bits per heavy atom. The first-order chi connectivity index (χ1) is 26.7. The molecule has 0 aliphatic heterocycles. The standard InChI is InChI=1S/C50H31N3O/c1-3-11-32(12-4-1)35-19-20-37-30-39(22-21-36(37)29-35)47-49-48(52-50(51-47)34-13-5-2-6-14-34)43-28-25-38(31-46(43)54-49)33-23-26-40(27-24-33)53-44-17-9-7-15-41(44)42-16-8-10-18-45(42)53/h1-31H. The minimum atomic E-state index is 0.671. The molecule has 0 atom stereocenters. The highest BCUT2D eigenvalue weighted by Gasteiger charge is 2.19. The predicted molar refractivity (Wildman–Crippen MR) is 223 cm³/mol. The van der Waals surface area contributed by atoms with Crippen LogP contribution in [0.1, 0.15) is 0 Å². The summed E-state index contributed by atoms with van der Waals surface area (Å²) >= 11 is 0. The molecular formula is C50H31N3O. The van der Waals surface area contributed by atoms with Crippen LogP contribution in [0, 0.1) is 0 Å². The van der Waals surface area contributed by atoms with Crippen molar-refractivity contribution < 1.29 is 4.42 Å². The number of hydrogen-bond acceptors (Lipinski definition) is 3. The normalized spacial score (nSPS) is 11.7. The van der Waals surface area contributed by atoms with Gasteiger partial charge < -0.3 is 8.98 Å². The number of benzene rings is 8. The minimum Gasteiger partial charge on any atom is -0.452 e. The van der Waals surface area contributed by atoms with Gasteiger partial charge in [-0.1, -0.05) is 140 Å². The second kappa shape index (κ2) is 12.1. The summed E-state index contributed by atoms with van der Waals surface area (Å²) < 4.78 is 9.07. The molecule has 54 heavy (non-hydrogen) atoms. The first-order valence-corrected chi connectivity index (χ1v) is 18.2. The summed E-state index contributed by atoms with van der Waals surface area (Å²) in [5.74, 6) is 0.671. The van der Waals surface area contributed by atoms with Crippen molar-refractivity contribution >= 4 is 54.6 Å². The zero-order valence-electron chi connectivity index (χ0n) is 29.1. The Morgan fingerprint density at radius 3 is 1.63 bits per heavy atom. The summed E-state index contributed by atoms with van der Waals surface area (Å²) in [4.78, 5) is 10.3. The highest BCUT2D eigenvalue weighted by Crippen LogP contribution is 2.39. The second-order valence-electron chi connectivity index (χ2n) is 13.8. The molecule has 11 rings (SSSR count). The average Bonchev–Trinajstić information content (AvgIpc) is 3.79. The van der Waals surface area contributed by atoms with E-state index < -0.39 is 0 Å². The Kier molecular flexibility index (Phi) is 6.82. The molecular weight excluding hydrogens is 659 g/mol. The Hall–Kier alpha value is -7.30. The van der Waals surface area contributed by atoms with Crippen LogP contribution in [0.2, 0.25) is 0 Å². The zero-order chi connectivity index (χ0) is 35.6. The fourth-order valence-electron chi connectivity index (χ4n) is 7.94. The first-order valence-electron chi connectivity index (χ1n) is 18.2. The van der Waals surface area contributed by atoms with Gasteiger partial charge in [-0.05, 0) is 81.6 Å². The van der Waals surface area contributed by atoms with E-state index in [9.17, 15) is 0 Å². The third-order valence-corrected chi connectivity index (χ3v) is 10.6. The number of fused-ring (bicyclic) bond motifs is 7. The lowest BCUT2D eigenvalue weighted by Gasteiger charge is -2.09. The van der Waals surface area contributed by atoms with Crippen LogP contribution >= 0.6 is 0 Å². The molecule has 4 heteroatoms. The first kappa shape index (κ1) is 30.3. The molecule has 0 amide bonds. The van der Waals surface area contributed by atoms with Gasteiger partial charge in [-0.25, -0.2) is 9.97 Å². The molecule has 3 aromatic heterocycles. The number of rotatable bonds is 5. The topological polar surface area (TPSA) is 43.9 Å². The highest BCUT2D eigenvalue weighted by molar-refractivity contribution is 6.10. The van der Waals surface area contributed by atoms with Crippen LogP contribution in [0.25, 0.3) is 105 Å². The largest absolute Gasteiger partial charge is 0.452 e. The molecule has 0 spiro atoms. The monoisotopic (exact) mass is 689 g/mol. The number of para-hydroxylation sites is 2. The van der Waals surface area contributed by atoms with Gasteiger partial charge in [0.2, 0.25) is 0 Å². The molecule has 0 aliphatic carbocycles. The van der Waals surface area contributed by atoms with Crippen LogP contribution in [0.4, 0.5) is 0 Å². The van der Waals surface area contributed by atoms with Gasteiger partial charge in [-0.3, -0.25) is 0 Å². The zero-order valence-corrected chi connectivity index (χ0v) is 29.1. The average molecular weight is 690 g/mol. The summed E-state index contributed by atoms with van der Waals surface area (Å²) in [6, 6.07) is 66.3. The SMILES string of the molecule is c1ccc(-c2ccc3cc(-c4nc(-c5ccccc5)nc5c4oc4cc(-c6ccc(-n7c8ccccc8c8ccccc87)cc6)ccc45)ccc3c2)cc1. The molecule has 0 bridgehead atoms. The van der Waals surface area contributed by atoms with Crippen LogP contribution < -0.4 is 0 Å². The summed E-state index contributed by atoms with van der Waals surface area (Å²) in [7, 11) is 0. The third-order valence-electron chi connectivity index (χ3n) is 10.6. The summed E-state index contributed by atoms with van der Waals surface area (Å²) in [6.45, 7) is 0. The molecule has 252 valence electrons. The van der Waals surface area contributed by atoms with E-state index in [1.807, 2.05) is 24.3 Å². The van der Waals surface area contributed by atoms with E-state index in [0.717, 1.165) is 55.5 Å². The van der Waals surface area contributed by atoms with Crippen molar-refractivity contribution in [2.75, 3.05) is 0 Å². The van der Waals surface area contributed by atoms with Crippen molar-refractivity contribution in [3.05, 3.63) is 188 Å². The Morgan fingerprint density at radius 2 is 0.926 bits per heavy atom. The van der Waals surface area contributed by atoms with E-state index in [0.29, 0.717) is 11.4 Å². The van der Waals surface area contributed by atoms with Crippen molar-refractivity contribution in [3.8, 4) is 50.6 Å². The van der Waals surface area contributed by atoms with Crippen LogP contribution in [0.5, 0.6) is 0 Å². The number of aromatic nitrogens is 3. The molecule has 0 aliphatic rings. The lowest BCUT2D eigenvalue weighted by atomic mass is 9.99. The van der Waals surface area contributed by atoms with Crippen LogP contribution in [-0.2, 0) is 0 Å². The van der Waals surface area contributed by atoms with Crippen LogP contribution in [0.15, 0.2) is 192 Å². The van der Waals surface area contributed by atoms with Gasteiger partial charge in [-0.2, -0.15) is 0 Å². The van der Waals surface area contributed by atoms with Gasteiger partial charge in [0, 0.05) is 33.0 Å². The van der Waals surface area contributed by atoms with E-state index in [-0.39, 0.29) is 0 Å². The maximum absolute atomic E-state index is 6.73. The minimum absolute atomic E-state index is 0.671.